The first-order chi connectivity index (χ1) is 14.6. The average molecular weight is 431 g/mol. The van der Waals surface area contributed by atoms with Gasteiger partial charge in [-0.3, -0.25) is 9.69 Å². The van der Waals surface area contributed by atoms with E-state index in [2.05, 4.69) is 4.90 Å². The minimum Gasteiger partial charge on any atom is -0.454 e. The largest absolute Gasteiger partial charge is 0.454 e. The van der Waals surface area contributed by atoms with Crippen LogP contribution in [0.25, 0.3) is 0 Å². The molecule has 0 aromatic heterocycles. The lowest BCUT2D eigenvalue weighted by Gasteiger charge is -2.47. The van der Waals surface area contributed by atoms with E-state index >= 15 is 0 Å². The van der Waals surface area contributed by atoms with Crippen molar-refractivity contribution in [2.75, 3.05) is 19.9 Å². The van der Waals surface area contributed by atoms with Crippen molar-refractivity contribution < 1.29 is 18.7 Å². The topological polar surface area (TPSA) is 42.0 Å². The van der Waals surface area contributed by atoms with E-state index in [0.717, 1.165) is 43.0 Å². The fourth-order valence-electron chi connectivity index (χ4n) is 4.92. The molecule has 5 rings (SSSR count). The number of nitrogens with zero attached hydrogens (tertiary/aromatic N) is 2. The van der Waals surface area contributed by atoms with E-state index in [-0.39, 0.29) is 24.6 Å². The van der Waals surface area contributed by atoms with E-state index in [1.165, 1.54) is 6.07 Å². The number of amides is 1. The Labute approximate surface area is 180 Å². The van der Waals surface area contributed by atoms with Gasteiger partial charge in [0.2, 0.25) is 12.7 Å². The molecule has 2 aromatic carbocycles. The summed E-state index contributed by atoms with van der Waals surface area (Å²) in [6.45, 7) is 2.99. The predicted molar refractivity (Wildman–Crippen MR) is 111 cm³/mol. The van der Waals surface area contributed by atoms with Crippen molar-refractivity contribution in [2.24, 2.45) is 5.92 Å². The summed E-state index contributed by atoms with van der Waals surface area (Å²) in [5.74, 6) is 1.83. The van der Waals surface area contributed by atoms with Gasteiger partial charge in [-0.15, -0.1) is 0 Å². The van der Waals surface area contributed by atoms with Gasteiger partial charge in [0, 0.05) is 49.2 Å². The lowest BCUT2D eigenvalue weighted by atomic mass is 9.83. The zero-order valence-corrected chi connectivity index (χ0v) is 17.4. The molecule has 3 heterocycles. The summed E-state index contributed by atoms with van der Waals surface area (Å²) in [6.07, 6.45) is 2.32. The Morgan fingerprint density at radius 1 is 1.10 bits per heavy atom. The minimum atomic E-state index is -0.257. The van der Waals surface area contributed by atoms with Crippen molar-refractivity contribution in [1.29, 1.82) is 0 Å². The zero-order valence-electron chi connectivity index (χ0n) is 16.7. The smallest absolute Gasteiger partial charge is 0.231 e. The quantitative estimate of drug-likeness (QED) is 0.728. The lowest BCUT2D eigenvalue weighted by molar-refractivity contribution is -0.142. The van der Waals surface area contributed by atoms with Gasteiger partial charge in [0.05, 0.1) is 0 Å². The molecule has 0 spiro atoms. The van der Waals surface area contributed by atoms with Gasteiger partial charge >= 0.3 is 0 Å². The van der Waals surface area contributed by atoms with Crippen LogP contribution >= 0.6 is 11.6 Å². The normalized spacial score (nSPS) is 23.5. The highest BCUT2D eigenvalue weighted by atomic mass is 35.5. The van der Waals surface area contributed by atoms with E-state index < -0.39 is 0 Å². The molecule has 3 aliphatic heterocycles. The molecule has 1 amide bonds. The molecule has 0 saturated carbocycles. The van der Waals surface area contributed by atoms with Crippen molar-refractivity contribution in [2.45, 2.75) is 38.4 Å². The van der Waals surface area contributed by atoms with E-state index in [1.54, 1.807) is 12.1 Å². The van der Waals surface area contributed by atoms with Crippen LogP contribution in [-0.2, 0) is 17.9 Å². The Balaban J connectivity index is 1.28. The average Bonchev–Trinajstić information content (AvgIpc) is 3.21. The van der Waals surface area contributed by atoms with Gasteiger partial charge in [-0.05, 0) is 48.6 Å². The maximum Gasteiger partial charge on any atom is 0.231 e. The number of rotatable bonds is 4. The number of ether oxygens (including phenoxy) is 2. The summed E-state index contributed by atoms with van der Waals surface area (Å²) in [7, 11) is 0. The highest BCUT2D eigenvalue weighted by Crippen LogP contribution is 2.36. The van der Waals surface area contributed by atoms with Crippen LogP contribution in [-0.4, -0.2) is 41.6 Å². The van der Waals surface area contributed by atoms with Crippen LogP contribution < -0.4 is 9.47 Å². The number of carbonyl (C=O) groups is 1. The Morgan fingerprint density at radius 3 is 2.83 bits per heavy atom. The third-order valence-electron chi connectivity index (χ3n) is 6.46. The van der Waals surface area contributed by atoms with Crippen molar-refractivity contribution >= 4 is 17.5 Å². The molecule has 5 nitrogen and oxygen atoms in total. The van der Waals surface area contributed by atoms with Gasteiger partial charge in [0.25, 0.3) is 0 Å². The van der Waals surface area contributed by atoms with E-state index in [9.17, 15) is 9.18 Å². The number of fused-ring (bicyclic) bond motifs is 2. The van der Waals surface area contributed by atoms with Gasteiger partial charge in [-0.1, -0.05) is 23.7 Å². The summed E-state index contributed by atoms with van der Waals surface area (Å²) in [4.78, 5) is 17.0. The van der Waals surface area contributed by atoms with Gasteiger partial charge in [0.1, 0.15) is 5.82 Å². The van der Waals surface area contributed by atoms with E-state index in [4.69, 9.17) is 21.1 Å². The number of benzene rings is 2. The first-order valence-corrected chi connectivity index (χ1v) is 10.8. The Bertz CT molecular complexity index is 949. The van der Waals surface area contributed by atoms with Crippen LogP contribution in [0.1, 0.15) is 30.4 Å². The minimum absolute atomic E-state index is 0.208. The standard InChI is InChI=1S/C23H24ClFN2O3/c24-18-2-1-3-19(25)17(18)13-26-9-8-20-16(12-26)5-7-23(28)27(20)11-15-4-6-21-22(10-15)30-14-29-21/h1-4,6,10,16,20H,5,7-9,11-14H2/t16-,20+/m1/s1. The molecule has 0 N–H and O–H groups in total. The summed E-state index contributed by atoms with van der Waals surface area (Å²) in [5.41, 5.74) is 1.61. The van der Waals surface area contributed by atoms with Crippen LogP contribution in [0.4, 0.5) is 4.39 Å². The second-order valence-electron chi connectivity index (χ2n) is 8.30. The van der Waals surface area contributed by atoms with Gasteiger partial charge < -0.3 is 14.4 Å². The van der Waals surface area contributed by atoms with E-state index in [1.807, 2.05) is 23.1 Å². The number of halogens is 2. The molecular formula is C23H24ClFN2O3. The van der Waals surface area contributed by atoms with Crippen molar-refractivity contribution in [3.05, 3.63) is 58.4 Å². The fourth-order valence-corrected chi connectivity index (χ4v) is 5.14. The first-order valence-electron chi connectivity index (χ1n) is 10.4. The Kier molecular flexibility index (Phi) is 5.29. The molecule has 0 radical (unpaired) electrons. The summed E-state index contributed by atoms with van der Waals surface area (Å²) in [5, 5.41) is 0.473. The van der Waals surface area contributed by atoms with Crippen molar-refractivity contribution in [1.82, 2.24) is 9.80 Å². The maximum absolute atomic E-state index is 14.2. The molecule has 0 aliphatic carbocycles. The van der Waals surface area contributed by atoms with Crippen LogP contribution in [0, 0.1) is 11.7 Å². The molecule has 30 heavy (non-hydrogen) atoms. The SMILES string of the molecule is O=C1CC[C@@H]2CN(Cc3c(F)cccc3Cl)CC[C@@H]2N1Cc1ccc2c(c1)OCO2. The third-order valence-corrected chi connectivity index (χ3v) is 6.82. The molecule has 0 unspecified atom stereocenters. The van der Waals surface area contributed by atoms with Crippen LogP contribution in [0.5, 0.6) is 11.5 Å². The molecule has 2 saturated heterocycles. The highest BCUT2D eigenvalue weighted by Gasteiger charge is 2.39. The van der Waals surface area contributed by atoms with Crippen molar-refractivity contribution in [3.63, 3.8) is 0 Å². The number of piperidine rings is 2. The number of hydrogen-bond donors (Lipinski definition) is 0. The third kappa shape index (κ3) is 3.74. The second-order valence-corrected chi connectivity index (χ2v) is 8.71. The molecular weight excluding hydrogens is 407 g/mol. The Hall–Kier alpha value is -2.31. The number of hydrogen-bond acceptors (Lipinski definition) is 4. The van der Waals surface area contributed by atoms with Gasteiger partial charge in [0.15, 0.2) is 11.5 Å². The lowest BCUT2D eigenvalue weighted by Crippen LogP contribution is -2.55. The molecule has 0 bridgehead atoms. The number of carbonyl (C=O) groups excluding carboxylic acids is 1. The van der Waals surface area contributed by atoms with Crippen LogP contribution in [0.3, 0.4) is 0 Å². The van der Waals surface area contributed by atoms with E-state index in [0.29, 0.717) is 36.0 Å². The monoisotopic (exact) mass is 430 g/mol. The van der Waals surface area contributed by atoms with Crippen LogP contribution in [0.2, 0.25) is 5.02 Å². The molecule has 2 fully saturated rings. The zero-order chi connectivity index (χ0) is 20.7. The fraction of sp³-hybridized carbons (Fsp3) is 0.435. The molecule has 7 heteroatoms. The second kappa shape index (κ2) is 8.08. The molecule has 158 valence electrons. The maximum atomic E-state index is 14.2. The molecule has 2 aromatic rings. The van der Waals surface area contributed by atoms with Gasteiger partial charge in [-0.25, -0.2) is 4.39 Å². The number of likely N-dealkylation sites (tertiary alicyclic amines) is 2. The van der Waals surface area contributed by atoms with Crippen molar-refractivity contribution in [3.8, 4) is 11.5 Å². The highest BCUT2D eigenvalue weighted by molar-refractivity contribution is 6.31. The summed E-state index contributed by atoms with van der Waals surface area (Å²) >= 11 is 6.22. The van der Waals surface area contributed by atoms with Gasteiger partial charge in [-0.2, -0.15) is 0 Å². The molecule has 3 aliphatic rings. The summed E-state index contributed by atoms with van der Waals surface area (Å²) < 4.78 is 25.1. The molecule has 2 atom stereocenters. The summed E-state index contributed by atoms with van der Waals surface area (Å²) in [6, 6.07) is 10.9. The first kappa shape index (κ1) is 19.6. The Morgan fingerprint density at radius 2 is 1.97 bits per heavy atom. The van der Waals surface area contributed by atoms with Crippen LogP contribution in [0.15, 0.2) is 36.4 Å². The predicted octanol–water partition coefficient (Wildman–Crippen LogP) is 4.22.